The highest BCUT2D eigenvalue weighted by molar-refractivity contribution is 9.10. The number of hydrogen-bond acceptors (Lipinski definition) is 3. The van der Waals surface area contributed by atoms with E-state index in [1.54, 1.807) is 0 Å². The van der Waals surface area contributed by atoms with Crippen molar-refractivity contribution in [3.05, 3.63) is 40.0 Å². The Kier molecular flexibility index (Phi) is 4.62. The third kappa shape index (κ3) is 3.59. The van der Waals surface area contributed by atoms with E-state index in [9.17, 15) is 17.2 Å². The summed E-state index contributed by atoms with van der Waals surface area (Å²) in [5, 5.41) is 6.47. The first-order chi connectivity index (χ1) is 9.83. The summed E-state index contributed by atoms with van der Waals surface area (Å²) >= 11 is 2.85. The van der Waals surface area contributed by atoms with Gasteiger partial charge < -0.3 is 0 Å². The molecule has 0 bridgehead atoms. The number of aromatic nitrogens is 2. The number of H-pyrrole nitrogens is 1. The molecule has 0 fully saturated rings. The molecule has 2 rings (SSSR count). The number of aromatic amines is 1. The normalized spacial score (nSPS) is 11.6. The zero-order chi connectivity index (χ0) is 15.6. The third-order valence-corrected chi connectivity index (χ3v) is 4.94. The van der Waals surface area contributed by atoms with E-state index in [1.807, 2.05) is 6.92 Å². The van der Waals surface area contributed by atoms with Crippen LogP contribution in [0.4, 0.5) is 14.6 Å². The summed E-state index contributed by atoms with van der Waals surface area (Å²) in [7, 11) is -4.21. The molecule has 5 nitrogen and oxygen atoms in total. The molecule has 0 spiro atoms. The van der Waals surface area contributed by atoms with Gasteiger partial charge in [0.15, 0.2) is 5.82 Å². The Balaban J connectivity index is 2.34. The van der Waals surface area contributed by atoms with Crippen LogP contribution in [0.25, 0.3) is 0 Å². The van der Waals surface area contributed by atoms with Gasteiger partial charge in [-0.3, -0.25) is 9.82 Å². The molecule has 21 heavy (non-hydrogen) atoms. The van der Waals surface area contributed by atoms with E-state index in [0.717, 1.165) is 18.2 Å². The molecule has 0 saturated carbocycles. The summed E-state index contributed by atoms with van der Waals surface area (Å²) < 4.78 is 53.0. The van der Waals surface area contributed by atoms with Gasteiger partial charge in [0.2, 0.25) is 0 Å². The minimum atomic E-state index is -4.21. The summed E-state index contributed by atoms with van der Waals surface area (Å²) in [6.07, 6.45) is 1.58. The lowest BCUT2D eigenvalue weighted by atomic mass is 10.2. The van der Waals surface area contributed by atoms with Gasteiger partial charge in [-0.15, -0.1) is 0 Å². The maximum absolute atomic E-state index is 13.7. The largest absolute Gasteiger partial charge is 0.280 e. The number of hydrogen-bond donors (Lipinski definition) is 2. The van der Waals surface area contributed by atoms with Crippen LogP contribution in [0, 0.1) is 11.6 Å². The Morgan fingerprint density at radius 1 is 1.33 bits per heavy atom. The van der Waals surface area contributed by atoms with Gasteiger partial charge in [0.1, 0.15) is 16.5 Å². The molecule has 1 heterocycles. The fourth-order valence-corrected chi connectivity index (χ4v) is 3.95. The zero-order valence-corrected chi connectivity index (χ0v) is 13.4. The van der Waals surface area contributed by atoms with Crippen LogP contribution in [0.3, 0.4) is 0 Å². The maximum Gasteiger partial charge on any atom is 0.267 e. The van der Waals surface area contributed by atoms with Crippen molar-refractivity contribution >= 4 is 31.8 Å². The van der Waals surface area contributed by atoms with Gasteiger partial charge in [0.05, 0.1) is 0 Å². The fraction of sp³-hybridized carbons (Fsp3) is 0.250. The van der Waals surface area contributed by atoms with Crippen molar-refractivity contribution in [1.82, 2.24) is 10.2 Å². The van der Waals surface area contributed by atoms with Gasteiger partial charge in [-0.05, 0) is 28.4 Å². The highest BCUT2D eigenvalue weighted by Crippen LogP contribution is 2.27. The van der Waals surface area contributed by atoms with Gasteiger partial charge in [-0.1, -0.05) is 13.3 Å². The van der Waals surface area contributed by atoms with Crippen LogP contribution >= 0.6 is 15.9 Å². The number of sulfonamides is 1. The van der Waals surface area contributed by atoms with Crippen molar-refractivity contribution in [2.75, 3.05) is 4.72 Å². The van der Waals surface area contributed by atoms with Crippen LogP contribution in [0.5, 0.6) is 0 Å². The van der Waals surface area contributed by atoms with Crippen molar-refractivity contribution in [2.45, 2.75) is 24.7 Å². The van der Waals surface area contributed by atoms with Crippen LogP contribution in [0.1, 0.15) is 19.0 Å². The lowest BCUT2D eigenvalue weighted by molar-refractivity contribution is 0.548. The molecular weight excluding hydrogens is 368 g/mol. The zero-order valence-electron chi connectivity index (χ0n) is 11.0. The Morgan fingerprint density at radius 3 is 2.67 bits per heavy atom. The Bertz CT molecular complexity index is 739. The molecule has 0 amide bonds. The molecular formula is C12H12BrF2N3O2S. The topological polar surface area (TPSA) is 74.8 Å². The van der Waals surface area contributed by atoms with Gasteiger partial charge in [0, 0.05) is 22.3 Å². The maximum atomic E-state index is 13.7. The average Bonchev–Trinajstić information content (AvgIpc) is 2.74. The van der Waals surface area contributed by atoms with Crippen LogP contribution in [0.2, 0.25) is 0 Å². The van der Waals surface area contributed by atoms with E-state index in [1.165, 1.54) is 6.07 Å². The van der Waals surface area contributed by atoms with Gasteiger partial charge in [0.25, 0.3) is 10.0 Å². The average molecular weight is 380 g/mol. The number of nitrogens with zero attached hydrogens (tertiary/aromatic N) is 1. The standard InChI is InChI=1S/C12H12BrF2N3O2S/c1-2-3-8-6-11(17-16-8)18-21(19,20)12-9(13)4-7(14)5-10(12)15/h4-6H,2-3H2,1H3,(H2,16,17,18). The van der Waals surface area contributed by atoms with Crippen LogP contribution in [-0.2, 0) is 16.4 Å². The number of nitrogens with one attached hydrogen (secondary N) is 2. The number of halogens is 3. The molecule has 0 radical (unpaired) electrons. The smallest absolute Gasteiger partial charge is 0.267 e. The SMILES string of the molecule is CCCc1cc(NS(=O)(=O)c2c(F)cc(F)cc2Br)n[nH]1. The van der Waals surface area contributed by atoms with Gasteiger partial charge in [-0.25, -0.2) is 17.2 Å². The predicted octanol–water partition coefficient (Wildman–Crippen LogP) is 3.20. The minimum Gasteiger partial charge on any atom is -0.280 e. The van der Waals surface area contributed by atoms with Gasteiger partial charge in [-0.2, -0.15) is 5.10 Å². The second-order valence-electron chi connectivity index (χ2n) is 4.33. The fourth-order valence-electron chi connectivity index (χ4n) is 1.79. The molecule has 1 aromatic heterocycles. The van der Waals surface area contributed by atoms with E-state index in [-0.39, 0.29) is 10.3 Å². The highest BCUT2D eigenvalue weighted by atomic mass is 79.9. The van der Waals surface area contributed by atoms with Crippen molar-refractivity contribution in [2.24, 2.45) is 0 Å². The number of benzene rings is 1. The summed E-state index contributed by atoms with van der Waals surface area (Å²) in [6, 6.07) is 2.91. The van der Waals surface area contributed by atoms with E-state index >= 15 is 0 Å². The minimum absolute atomic E-state index is 0.0501. The molecule has 0 aliphatic heterocycles. The van der Waals surface area contributed by atoms with Gasteiger partial charge >= 0.3 is 0 Å². The summed E-state index contributed by atoms with van der Waals surface area (Å²) in [4.78, 5) is -0.663. The summed E-state index contributed by atoms with van der Waals surface area (Å²) in [5.41, 5.74) is 0.758. The first-order valence-corrected chi connectivity index (χ1v) is 8.32. The first-order valence-electron chi connectivity index (χ1n) is 6.05. The van der Waals surface area contributed by atoms with Crippen LogP contribution in [-0.4, -0.2) is 18.6 Å². The Hall–Kier alpha value is -1.48. The van der Waals surface area contributed by atoms with Crippen molar-refractivity contribution in [3.8, 4) is 0 Å². The predicted molar refractivity (Wildman–Crippen MR) is 77.4 cm³/mol. The lowest BCUT2D eigenvalue weighted by Gasteiger charge is -2.08. The van der Waals surface area contributed by atoms with Crippen molar-refractivity contribution in [3.63, 3.8) is 0 Å². The molecule has 0 aliphatic carbocycles. The lowest BCUT2D eigenvalue weighted by Crippen LogP contribution is -2.15. The quantitative estimate of drug-likeness (QED) is 0.837. The van der Waals surface area contributed by atoms with E-state index in [0.29, 0.717) is 12.5 Å². The summed E-state index contributed by atoms with van der Waals surface area (Å²) in [6.45, 7) is 1.97. The van der Waals surface area contributed by atoms with E-state index in [2.05, 4.69) is 30.8 Å². The van der Waals surface area contributed by atoms with Crippen molar-refractivity contribution < 1.29 is 17.2 Å². The first kappa shape index (κ1) is 15.9. The molecule has 0 atom stereocenters. The molecule has 2 N–H and O–H groups in total. The monoisotopic (exact) mass is 379 g/mol. The molecule has 9 heteroatoms. The highest BCUT2D eigenvalue weighted by Gasteiger charge is 2.24. The third-order valence-electron chi connectivity index (χ3n) is 2.62. The number of anilines is 1. The van der Waals surface area contributed by atoms with Crippen molar-refractivity contribution in [1.29, 1.82) is 0 Å². The molecule has 114 valence electrons. The van der Waals surface area contributed by atoms with Crippen LogP contribution < -0.4 is 4.72 Å². The van der Waals surface area contributed by atoms with E-state index in [4.69, 9.17) is 0 Å². The molecule has 1 aromatic carbocycles. The Labute approximate surface area is 128 Å². The second kappa shape index (κ2) is 6.10. The molecule has 2 aromatic rings. The molecule has 0 aliphatic rings. The number of aryl methyl sites for hydroxylation is 1. The van der Waals surface area contributed by atoms with E-state index < -0.39 is 26.6 Å². The molecule has 0 unspecified atom stereocenters. The summed E-state index contributed by atoms with van der Waals surface area (Å²) in [5.74, 6) is -2.00. The second-order valence-corrected chi connectivity index (χ2v) is 6.81. The molecule has 0 saturated heterocycles. The van der Waals surface area contributed by atoms with Crippen LogP contribution in [0.15, 0.2) is 27.6 Å². The number of rotatable bonds is 5. The Morgan fingerprint density at radius 2 is 2.05 bits per heavy atom.